The number of hydrogen-bond donors (Lipinski definition) is 2. The number of hydrogen-bond acceptors (Lipinski definition) is 4. The molecule has 1 heterocycles. The predicted octanol–water partition coefficient (Wildman–Crippen LogP) is 4.42. The third-order valence-electron chi connectivity index (χ3n) is 7.36. The van der Waals surface area contributed by atoms with Crippen LogP contribution in [0.15, 0.2) is 24.3 Å². The average molecular weight is 482 g/mol. The molecule has 190 valence electrons. The van der Waals surface area contributed by atoms with E-state index >= 15 is 0 Å². The summed E-state index contributed by atoms with van der Waals surface area (Å²) in [5, 5.41) is 2.64. The van der Waals surface area contributed by atoms with Crippen molar-refractivity contribution in [3.8, 4) is 0 Å². The molecule has 0 aliphatic heterocycles. The summed E-state index contributed by atoms with van der Waals surface area (Å²) in [6, 6.07) is 8.74. The maximum atomic E-state index is 13.8. The van der Waals surface area contributed by atoms with Crippen molar-refractivity contribution < 1.29 is 19.1 Å². The van der Waals surface area contributed by atoms with E-state index in [9.17, 15) is 14.4 Å². The summed E-state index contributed by atoms with van der Waals surface area (Å²) in [4.78, 5) is 43.2. The fourth-order valence-corrected chi connectivity index (χ4v) is 5.26. The molecule has 2 amide bonds. The number of rotatable bonds is 7. The smallest absolute Gasteiger partial charge is 0.339 e. The highest BCUT2D eigenvalue weighted by molar-refractivity contribution is 6.01. The zero-order valence-corrected chi connectivity index (χ0v) is 22.1. The van der Waals surface area contributed by atoms with E-state index in [4.69, 9.17) is 4.74 Å². The number of aromatic nitrogens is 1. The molecule has 2 aromatic rings. The van der Waals surface area contributed by atoms with Gasteiger partial charge in [-0.05, 0) is 48.8 Å². The molecule has 0 atom stereocenters. The van der Waals surface area contributed by atoms with Crippen LogP contribution in [0.3, 0.4) is 0 Å². The molecule has 7 nitrogen and oxygen atoms in total. The lowest BCUT2D eigenvalue weighted by Crippen LogP contribution is -2.47. The van der Waals surface area contributed by atoms with Crippen LogP contribution in [0, 0.1) is 13.8 Å². The van der Waals surface area contributed by atoms with Crippen LogP contribution in [0.25, 0.3) is 0 Å². The highest BCUT2D eigenvalue weighted by Gasteiger charge is 2.40. The Hall–Kier alpha value is -3.09. The van der Waals surface area contributed by atoms with Crippen molar-refractivity contribution in [3.63, 3.8) is 0 Å². The normalized spacial score (nSPS) is 15.1. The van der Waals surface area contributed by atoms with E-state index < -0.39 is 5.97 Å². The van der Waals surface area contributed by atoms with Gasteiger partial charge in [0, 0.05) is 24.7 Å². The SMILES string of the molecule is CNC(=O)CN(CC1(c2ccc(C(C)(C)C)cc2)CCCC1)C(=O)c1[nH]c(C)c(C(=O)OC)c1C. The average Bonchev–Trinajstić information content (AvgIpc) is 3.41. The number of benzene rings is 1. The molecule has 35 heavy (non-hydrogen) atoms. The molecule has 7 heteroatoms. The molecular formula is C28H39N3O4. The van der Waals surface area contributed by atoms with Gasteiger partial charge in [-0.2, -0.15) is 0 Å². The van der Waals surface area contributed by atoms with Crippen LogP contribution in [-0.2, 0) is 20.4 Å². The topological polar surface area (TPSA) is 91.5 Å². The first-order valence-corrected chi connectivity index (χ1v) is 12.3. The number of amides is 2. The summed E-state index contributed by atoms with van der Waals surface area (Å²) >= 11 is 0. The molecule has 0 unspecified atom stereocenters. The lowest BCUT2D eigenvalue weighted by atomic mass is 9.76. The molecule has 0 radical (unpaired) electrons. The highest BCUT2D eigenvalue weighted by atomic mass is 16.5. The number of carbonyl (C=O) groups is 3. The molecule has 3 rings (SSSR count). The molecule has 1 aromatic heterocycles. The first kappa shape index (κ1) is 26.5. The number of methoxy groups -OCH3 is 1. The van der Waals surface area contributed by atoms with Gasteiger partial charge in [0.1, 0.15) is 5.69 Å². The number of likely N-dealkylation sites (N-methyl/N-ethyl adjacent to an activating group) is 1. The van der Waals surface area contributed by atoms with Crippen molar-refractivity contribution in [1.82, 2.24) is 15.2 Å². The monoisotopic (exact) mass is 481 g/mol. The second-order valence-corrected chi connectivity index (χ2v) is 10.8. The number of H-pyrrole nitrogens is 1. The number of aromatic amines is 1. The fraction of sp³-hybridized carbons (Fsp3) is 0.536. The largest absolute Gasteiger partial charge is 0.465 e. The van der Waals surface area contributed by atoms with E-state index in [-0.39, 0.29) is 29.2 Å². The number of aryl methyl sites for hydroxylation is 1. The fourth-order valence-electron chi connectivity index (χ4n) is 5.26. The lowest BCUT2D eigenvalue weighted by molar-refractivity contribution is -0.121. The van der Waals surface area contributed by atoms with Crippen molar-refractivity contribution >= 4 is 17.8 Å². The van der Waals surface area contributed by atoms with Crippen LogP contribution in [0.1, 0.15) is 89.7 Å². The molecule has 1 fully saturated rings. The summed E-state index contributed by atoms with van der Waals surface area (Å²) in [7, 11) is 2.89. The van der Waals surface area contributed by atoms with Crippen molar-refractivity contribution in [3.05, 3.63) is 57.9 Å². The first-order valence-electron chi connectivity index (χ1n) is 12.3. The van der Waals surface area contributed by atoms with E-state index in [2.05, 4.69) is 55.3 Å². The van der Waals surface area contributed by atoms with Crippen LogP contribution >= 0.6 is 0 Å². The van der Waals surface area contributed by atoms with E-state index in [0.29, 0.717) is 29.1 Å². The summed E-state index contributed by atoms with van der Waals surface area (Å²) < 4.78 is 4.90. The molecule has 0 bridgehead atoms. The van der Waals surface area contributed by atoms with Gasteiger partial charge in [-0.15, -0.1) is 0 Å². The Morgan fingerprint density at radius 3 is 2.20 bits per heavy atom. The zero-order valence-electron chi connectivity index (χ0n) is 22.1. The van der Waals surface area contributed by atoms with Gasteiger partial charge in [0.15, 0.2) is 0 Å². The van der Waals surface area contributed by atoms with Crippen LogP contribution in [0.5, 0.6) is 0 Å². The minimum absolute atomic E-state index is 0.0534. The lowest BCUT2D eigenvalue weighted by Gasteiger charge is -2.36. The van der Waals surface area contributed by atoms with Gasteiger partial charge in [0.2, 0.25) is 5.91 Å². The molecular weight excluding hydrogens is 442 g/mol. The Morgan fingerprint density at radius 1 is 1.09 bits per heavy atom. The third kappa shape index (κ3) is 5.44. The van der Waals surface area contributed by atoms with Crippen LogP contribution in [-0.4, -0.2) is 54.9 Å². The van der Waals surface area contributed by atoms with Gasteiger partial charge < -0.3 is 19.9 Å². The minimum Gasteiger partial charge on any atom is -0.465 e. The zero-order chi connectivity index (χ0) is 26.0. The van der Waals surface area contributed by atoms with Gasteiger partial charge in [0.25, 0.3) is 5.91 Å². The molecule has 0 spiro atoms. The number of nitrogens with zero attached hydrogens (tertiary/aromatic N) is 1. The summed E-state index contributed by atoms with van der Waals surface area (Å²) in [5.41, 5.74) is 4.10. The van der Waals surface area contributed by atoms with Crippen LogP contribution < -0.4 is 5.32 Å². The molecule has 1 aromatic carbocycles. The Labute approximate surface area is 208 Å². The molecule has 1 aliphatic carbocycles. The van der Waals surface area contributed by atoms with E-state index in [1.165, 1.54) is 18.2 Å². The van der Waals surface area contributed by atoms with Gasteiger partial charge in [0.05, 0.1) is 19.2 Å². The number of ether oxygens (including phenoxy) is 1. The number of nitrogens with one attached hydrogen (secondary N) is 2. The molecule has 0 saturated heterocycles. The van der Waals surface area contributed by atoms with Crippen molar-refractivity contribution in [1.29, 1.82) is 0 Å². The predicted molar refractivity (Wildman–Crippen MR) is 137 cm³/mol. The maximum absolute atomic E-state index is 13.8. The van der Waals surface area contributed by atoms with E-state index in [0.717, 1.165) is 25.7 Å². The molecule has 1 saturated carbocycles. The molecule has 2 N–H and O–H groups in total. The Kier molecular flexibility index (Phi) is 7.77. The standard InChI is InChI=1S/C28H39N3O4/c1-18-23(26(34)35-7)19(2)30-24(18)25(33)31(16-22(32)29-6)17-28(14-8-9-15-28)21-12-10-20(11-13-21)27(3,4)5/h10-13,30H,8-9,14-17H2,1-7H3,(H,29,32). The van der Waals surface area contributed by atoms with Gasteiger partial charge in [-0.25, -0.2) is 4.79 Å². The van der Waals surface area contributed by atoms with Crippen LogP contribution in [0.4, 0.5) is 0 Å². The quantitative estimate of drug-likeness (QED) is 0.573. The maximum Gasteiger partial charge on any atom is 0.339 e. The third-order valence-corrected chi connectivity index (χ3v) is 7.36. The summed E-state index contributed by atoms with van der Waals surface area (Å²) in [5.74, 6) is -1.01. The van der Waals surface area contributed by atoms with Gasteiger partial charge in [-0.1, -0.05) is 57.9 Å². The highest BCUT2D eigenvalue weighted by Crippen LogP contribution is 2.42. The van der Waals surface area contributed by atoms with Crippen molar-refractivity contribution in [2.75, 3.05) is 27.2 Å². The Bertz CT molecular complexity index is 1090. The van der Waals surface area contributed by atoms with Crippen LogP contribution in [0.2, 0.25) is 0 Å². The first-order chi connectivity index (χ1) is 16.4. The van der Waals surface area contributed by atoms with Gasteiger partial charge in [-0.3, -0.25) is 9.59 Å². The Balaban J connectivity index is 2.00. The molecule has 1 aliphatic rings. The number of carbonyl (C=O) groups excluding carboxylic acids is 3. The summed E-state index contributed by atoms with van der Waals surface area (Å²) in [6.07, 6.45) is 4.07. The Morgan fingerprint density at radius 2 is 1.69 bits per heavy atom. The van der Waals surface area contributed by atoms with E-state index in [1.54, 1.807) is 25.8 Å². The van der Waals surface area contributed by atoms with Crippen molar-refractivity contribution in [2.24, 2.45) is 0 Å². The minimum atomic E-state index is -0.487. The van der Waals surface area contributed by atoms with Crippen molar-refractivity contribution in [2.45, 2.75) is 71.1 Å². The number of esters is 1. The second-order valence-electron chi connectivity index (χ2n) is 10.8. The van der Waals surface area contributed by atoms with E-state index in [1.807, 2.05) is 0 Å². The second kappa shape index (κ2) is 10.3. The van der Waals surface area contributed by atoms with Gasteiger partial charge >= 0.3 is 5.97 Å². The summed E-state index contributed by atoms with van der Waals surface area (Å²) in [6.45, 7) is 10.4.